The van der Waals surface area contributed by atoms with Crippen LogP contribution in [0.2, 0.25) is 0 Å². The number of benzene rings is 1. The topological polar surface area (TPSA) is 38.3 Å². The molecule has 0 saturated carbocycles. The van der Waals surface area contributed by atoms with Crippen LogP contribution in [0.4, 0.5) is 0 Å². The first-order valence-electron chi connectivity index (χ1n) is 11.2. The molecule has 0 unspecified atom stereocenters. The fourth-order valence-corrected chi connectivity index (χ4v) is 3.06. The summed E-state index contributed by atoms with van der Waals surface area (Å²) >= 11 is 0. The molecule has 1 aromatic carbocycles. The third kappa shape index (κ3) is 7.48. The van der Waals surface area contributed by atoms with Gasteiger partial charge >= 0.3 is 0 Å². The minimum Gasteiger partial charge on any atom is -0.493 e. The molecule has 0 radical (unpaired) electrons. The molecule has 1 rings (SSSR count). The molecule has 28 heavy (non-hydrogen) atoms. The minimum atomic E-state index is 0.0857. The summed E-state index contributed by atoms with van der Waals surface area (Å²) in [5.74, 6) is 1.18. The Morgan fingerprint density at radius 2 is 1.64 bits per heavy atom. The van der Waals surface area contributed by atoms with Crippen molar-refractivity contribution >= 4 is 5.91 Å². The van der Waals surface area contributed by atoms with Crippen LogP contribution in [0.1, 0.15) is 105 Å². The van der Waals surface area contributed by atoms with Gasteiger partial charge in [0.05, 0.1) is 6.61 Å². The van der Waals surface area contributed by atoms with E-state index in [2.05, 4.69) is 72.0 Å². The van der Waals surface area contributed by atoms with Crippen molar-refractivity contribution in [3.63, 3.8) is 0 Å². The molecule has 160 valence electrons. The summed E-state index contributed by atoms with van der Waals surface area (Å²) in [6, 6.07) is 6.74. The molecule has 0 aliphatic rings. The van der Waals surface area contributed by atoms with Crippen molar-refractivity contribution in [1.29, 1.82) is 0 Å². The molecule has 0 bridgehead atoms. The average molecular weight is 390 g/mol. The largest absolute Gasteiger partial charge is 0.493 e. The Morgan fingerprint density at radius 1 is 0.964 bits per heavy atom. The van der Waals surface area contributed by atoms with Gasteiger partial charge in [-0.25, -0.2) is 0 Å². The fraction of sp³-hybridized carbons (Fsp3) is 0.720. The number of hydrogen-bond donors (Lipinski definition) is 1. The van der Waals surface area contributed by atoms with Crippen LogP contribution < -0.4 is 10.1 Å². The second-order valence-electron chi connectivity index (χ2n) is 9.19. The highest BCUT2D eigenvalue weighted by Crippen LogP contribution is 2.38. The maximum Gasteiger partial charge on any atom is 0.219 e. The highest BCUT2D eigenvalue weighted by molar-refractivity contribution is 5.75. The lowest BCUT2D eigenvalue weighted by atomic mass is 9.76. The maximum absolute atomic E-state index is 11.6. The number of nitrogens with one attached hydrogen (secondary N) is 1. The van der Waals surface area contributed by atoms with E-state index in [0.717, 1.165) is 50.8 Å². The summed E-state index contributed by atoms with van der Waals surface area (Å²) in [6.45, 7) is 17.2. The van der Waals surface area contributed by atoms with Crippen molar-refractivity contribution in [2.24, 2.45) is 0 Å². The lowest BCUT2D eigenvalue weighted by molar-refractivity contribution is -0.121. The van der Waals surface area contributed by atoms with E-state index in [1.807, 2.05) is 0 Å². The van der Waals surface area contributed by atoms with Gasteiger partial charge in [0.1, 0.15) is 5.75 Å². The molecule has 0 atom stereocenters. The van der Waals surface area contributed by atoms with Crippen LogP contribution >= 0.6 is 0 Å². The zero-order valence-electron chi connectivity index (χ0n) is 19.4. The van der Waals surface area contributed by atoms with Crippen LogP contribution in [-0.2, 0) is 15.6 Å². The number of amides is 1. The highest BCUT2D eigenvalue weighted by Gasteiger charge is 2.26. The second-order valence-corrected chi connectivity index (χ2v) is 9.19. The van der Waals surface area contributed by atoms with Gasteiger partial charge in [0, 0.05) is 18.5 Å². The van der Waals surface area contributed by atoms with E-state index in [-0.39, 0.29) is 16.7 Å². The van der Waals surface area contributed by atoms with E-state index in [0.29, 0.717) is 13.0 Å². The third-order valence-electron chi connectivity index (χ3n) is 6.17. The Morgan fingerprint density at radius 3 is 2.25 bits per heavy atom. The van der Waals surface area contributed by atoms with Crippen molar-refractivity contribution in [2.75, 3.05) is 13.2 Å². The van der Waals surface area contributed by atoms with E-state index < -0.39 is 0 Å². The molecular weight excluding hydrogens is 346 g/mol. The molecular formula is C25H43NO2. The number of carbonyl (C=O) groups excluding carboxylic acids is 1. The van der Waals surface area contributed by atoms with Gasteiger partial charge in [-0.2, -0.15) is 0 Å². The number of hydrogen-bond acceptors (Lipinski definition) is 2. The molecule has 0 aromatic heterocycles. The van der Waals surface area contributed by atoms with Crippen LogP contribution in [-0.4, -0.2) is 19.1 Å². The molecule has 0 aliphatic heterocycles. The molecule has 3 nitrogen and oxygen atoms in total. The molecule has 0 aliphatic carbocycles. The average Bonchev–Trinajstić information content (AvgIpc) is 2.68. The molecule has 1 amide bonds. The molecule has 0 fully saturated rings. The Hall–Kier alpha value is -1.51. The van der Waals surface area contributed by atoms with E-state index in [1.165, 1.54) is 11.1 Å². The number of ether oxygens (including phenoxy) is 1. The summed E-state index contributed by atoms with van der Waals surface area (Å²) in [5.41, 5.74) is 2.95. The Bertz CT molecular complexity index is 605. The molecule has 0 saturated heterocycles. The number of unbranched alkanes of at least 4 members (excludes halogenated alkanes) is 2. The van der Waals surface area contributed by atoms with Gasteiger partial charge in [-0.15, -0.1) is 0 Å². The van der Waals surface area contributed by atoms with Crippen molar-refractivity contribution in [3.05, 3.63) is 29.3 Å². The fourth-order valence-electron chi connectivity index (χ4n) is 3.06. The number of rotatable bonds is 13. The van der Waals surface area contributed by atoms with Crippen LogP contribution in [0.5, 0.6) is 5.75 Å². The number of carbonyl (C=O) groups is 1. The highest BCUT2D eigenvalue weighted by atomic mass is 16.5. The SMILES string of the molecule is CCCCC(=O)NCCCCOc1ccc(C(C)(C)CC)cc1C(C)(C)CC. The standard InChI is InChI=1S/C25H43NO2/c1-8-11-14-23(27)26-17-12-13-18-28-22-16-15-20(24(4,5)9-2)19-21(22)25(6,7)10-3/h15-16,19H,8-14,17-18H2,1-7H3,(H,26,27). The maximum atomic E-state index is 11.6. The quantitative estimate of drug-likeness (QED) is 0.390. The molecule has 1 aromatic rings. The van der Waals surface area contributed by atoms with Crippen LogP contribution in [0.15, 0.2) is 18.2 Å². The summed E-state index contributed by atoms with van der Waals surface area (Å²) < 4.78 is 6.19. The normalized spacial score (nSPS) is 12.1. The summed E-state index contributed by atoms with van der Waals surface area (Å²) in [6.07, 6.45) is 6.75. The van der Waals surface area contributed by atoms with Gasteiger partial charge in [0.2, 0.25) is 5.91 Å². The van der Waals surface area contributed by atoms with Crippen LogP contribution in [0, 0.1) is 0 Å². The zero-order valence-corrected chi connectivity index (χ0v) is 19.4. The molecule has 1 N–H and O–H groups in total. The van der Waals surface area contributed by atoms with Crippen LogP contribution in [0.3, 0.4) is 0 Å². The van der Waals surface area contributed by atoms with E-state index >= 15 is 0 Å². The van der Waals surface area contributed by atoms with E-state index in [4.69, 9.17) is 4.74 Å². The lowest BCUT2D eigenvalue weighted by Gasteiger charge is -2.30. The molecule has 3 heteroatoms. The monoisotopic (exact) mass is 389 g/mol. The summed E-state index contributed by atoms with van der Waals surface area (Å²) in [7, 11) is 0. The third-order valence-corrected chi connectivity index (χ3v) is 6.17. The first kappa shape index (κ1) is 24.5. The zero-order chi connectivity index (χ0) is 21.2. The first-order valence-corrected chi connectivity index (χ1v) is 11.2. The summed E-state index contributed by atoms with van der Waals surface area (Å²) in [4.78, 5) is 11.6. The van der Waals surface area contributed by atoms with Crippen molar-refractivity contribution < 1.29 is 9.53 Å². The first-order chi connectivity index (χ1) is 13.2. The van der Waals surface area contributed by atoms with Gasteiger partial charge in [0.15, 0.2) is 0 Å². The van der Waals surface area contributed by atoms with Gasteiger partial charge in [-0.3, -0.25) is 4.79 Å². The van der Waals surface area contributed by atoms with E-state index in [1.54, 1.807) is 0 Å². The molecule has 0 spiro atoms. The van der Waals surface area contributed by atoms with Crippen molar-refractivity contribution in [3.8, 4) is 5.75 Å². The molecule has 0 heterocycles. The predicted octanol–water partition coefficient (Wildman–Crippen LogP) is 6.53. The summed E-state index contributed by atoms with van der Waals surface area (Å²) in [5, 5.41) is 3.00. The van der Waals surface area contributed by atoms with Gasteiger partial charge in [0.25, 0.3) is 0 Å². The van der Waals surface area contributed by atoms with Crippen molar-refractivity contribution in [2.45, 2.75) is 104 Å². The van der Waals surface area contributed by atoms with E-state index in [9.17, 15) is 4.79 Å². The lowest BCUT2D eigenvalue weighted by Crippen LogP contribution is -2.24. The Balaban J connectivity index is 2.66. The van der Waals surface area contributed by atoms with Gasteiger partial charge in [-0.05, 0) is 54.6 Å². The smallest absolute Gasteiger partial charge is 0.219 e. The Kier molecular flexibility index (Phi) is 10.1. The van der Waals surface area contributed by atoms with Crippen LogP contribution in [0.25, 0.3) is 0 Å². The van der Waals surface area contributed by atoms with Gasteiger partial charge in [-0.1, -0.05) is 67.0 Å². The predicted molar refractivity (Wildman–Crippen MR) is 120 cm³/mol. The minimum absolute atomic E-state index is 0.0857. The second kappa shape index (κ2) is 11.5. The van der Waals surface area contributed by atoms with Crippen molar-refractivity contribution in [1.82, 2.24) is 5.32 Å². The Labute approximate surface area is 173 Å². The van der Waals surface area contributed by atoms with Gasteiger partial charge < -0.3 is 10.1 Å².